The number of rotatable bonds is 2. The minimum atomic E-state index is -0.815. The minimum Gasteiger partial charge on any atom is -0.458 e. The Morgan fingerprint density at radius 3 is 2.75 bits per heavy atom. The summed E-state index contributed by atoms with van der Waals surface area (Å²) in [6.45, 7) is 0. The Bertz CT molecular complexity index is 785. The van der Waals surface area contributed by atoms with Crippen molar-refractivity contribution in [3.8, 4) is 0 Å². The van der Waals surface area contributed by atoms with Crippen molar-refractivity contribution < 1.29 is 9.52 Å². The highest BCUT2D eigenvalue weighted by atomic mass is 127. The molecule has 20 heavy (non-hydrogen) atoms. The second-order valence-electron chi connectivity index (χ2n) is 4.40. The summed E-state index contributed by atoms with van der Waals surface area (Å²) >= 11 is 11.6. The fourth-order valence-corrected chi connectivity index (χ4v) is 3.21. The first-order chi connectivity index (χ1) is 9.54. The van der Waals surface area contributed by atoms with Crippen molar-refractivity contribution in [1.29, 1.82) is 0 Å². The molecule has 0 radical (unpaired) electrons. The summed E-state index contributed by atoms with van der Waals surface area (Å²) in [5.41, 5.74) is 1.49. The van der Waals surface area contributed by atoms with Crippen LogP contribution in [-0.4, -0.2) is 5.11 Å². The van der Waals surface area contributed by atoms with E-state index in [1.54, 1.807) is 12.1 Å². The fraction of sp³-hybridized carbons (Fsp3) is 0.0667. The van der Waals surface area contributed by atoms with Crippen molar-refractivity contribution in [1.82, 2.24) is 0 Å². The lowest BCUT2D eigenvalue weighted by atomic mass is 10.1. The van der Waals surface area contributed by atoms with Gasteiger partial charge < -0.3 is 9.52 Å². The third kappa shape index (κ3) is 2.74. The standard InChI is InChI=1S/C15H9BrClIO2/c16-12-3-2-10(18)7-11(12)15(19)14-6-8-5-9(17)1-4-13(8)20-14/h1-7,15,19H. The van der Waals surface area contributed by atoms with E-state index in [1.165, 1.54) is 0 Å². The van der Waals surface area contributed by atoms with Crippen LogP contribution in [0.25, 0.3) is 11.0 Å². The van der Waals surface area contributed by atoms with Gasteiger partial charge in [0.25, 0.3) is 0 Å². The van der Waals surface area contributed by atoms with Crippen molar-refractivity contribution in [2.45, 2.75) is 6.10 Å². The van der Waals surface area contributed by atoms with Gasteiger partial charge in [0.2, 0.25) is 0 Å². The summed E-state index contributed by atoms with van der Waals surface area (Å²) in [6, 6.07) is 13.0. The molecule has 0 aliphatic carbocycles. The number of fused-ring (bicyclic) bond motifs is 1. The van der Waals surface area contributed by atoms with Gasteiger partial charge in [-0.3, -0.25) is 0 Å². The smallest absolute Gasteiger partial charge is 0.138 e. The van der Waals surface area contributed by atoms with Gasteiger partial charge in [-0.05, 0) is 65.1 Å². The highest BCUT2D eigenvalue weighted by Gasteiger charge is 2.18. The van der Waals surface area contributed by atoms with Crippen molar-refractivity contribution >= 4 is 61.1 Å². The van der Waals surface area contributed by atoms with Gasteiger partial charge in [0.05, 0.1) is 0 Å². The van der Waals surface area contributed by atoms with E-state index in [4.69, 9.17) is 16.0 Å². The number of benzene rings is 2. The van der Waals surface area contributed by atoms with Crippen LogP contribution in [0.5, 0.6) is 0 Å². The summed E-state index contributed by atoms with van der Waals surface area (Å²) < 4.78 is 7.61. The molecule has 3 aromatic rings. The second kappa shape index (κ2) is 5.67. The molecule has 5 heteroatoms. The molecule has 0 amide bonds. The molecule has 0 saturated heterocycles. The van der Waals surface area contributed by atoms with E-state index < -0.39 is 6.10 Å². The Labute approximate surface area is 143 Å². The van der Waals surface area contributed by atoms with Crippen LogP contribution in [0.4, 0.5) is 0 Å². The van der Waals surface area contributed by atoms with Gasteiger partial charge in [-0.1, -0.05) is 27.5 Å². The van der Waals surface area contributed by atoms with Gasteiger partial charge in [-0.25, -0.2) is 0 Å². The van der Waals surface area contributed by atoms with E-state index in [2.05, 4.69) is 38.5 Å². The first kappa shape index (κ1) is 14.4. The zero-order valence-corrected chi connectivity index (χ0v) is 14.6. The molecule has 1 atom stereocenters. The van der Waals surface area contributed by atoms with Gasteiger partial charge >= 0.3 is 0 Å². The number of hydrogen-bond donors (Lipinski definition) is 1. The summed E-state index contributed by atoms with van der Waals surface area (Å²) in [4.78, 5) is 0. The molecule has 3 rings (SSSR count). The Morgan fingerprint density at radius 2 is 1.95 bits per heavy atom. The molecule has 1 aromatic heterocycles. The summed E-state index contributed by atoms with van der Waals surface area (Å²) in [6.07, 6.45) is -0.815. The predicted octanol–water partition coefficient (Wildman–Crippen LogP) is 5.54. The molecule has 102 valence electrons. The number of hydrogen-bond acceptors (Lipinski definition) is 2. The predicted molar refractivity (Wildman–Crippen MR) is 92.1 cm³/mol. The maximum atomic E-state index is 10.5. The van der Waals surface area contributed by atoms with Crippen LogP contribution in [0.3, 0.4) is 0 Å². The van der Waals surface area contributed by atoms with E-state index in [1.807, 2.05) is 30.3 Å². The van der Waals surface area contributed by atoms with Crippen LogP contribution in [0.1, 0.15) is 17.4 Å². The van der Waals surface area contributed by atoms with Crippen LogP contribution in [0.15, 0.2) is 51.4 Å². The minimum absolute atomic E-state index is 0.505. The van der Waals surface area contributed by atoms with Crippen LogP contribution in [0.2, 0.25) is 5.02 Å². The highest BCUT2D eigenvalue weighted by Crippen LogP contribution is 2.33. The molecule has 2 nitrogen and oxygen atoms in total. The SMILES string of the molecule is OC(c1cc2cc(Cl)ccc2o1)c1cc(I)ccc1Br. The lowest BCUT2D eigenvalue weighted by molar-refractivity contribution is 0.191. The zero-order chi connectivity index (χ0) is 14.3. The maximum absolute atomic E-state index is 10.5. The highest BCUT2D eigenvalue weighted by molar-refractivity contribution is 14.1. The average molecular weight is 463 g/mol. The molecular weight excluding hydrogens is 454 g/mol. The van der Waals surface area contributed by atoms with Gasteiger partial charge in [0.1, 0.15) is 17.4 Å². The molecule has 1 N–H and O–H groups in total. The maximum Gasteiger partial charge on any atom is 0.138 e. The van der Waals surface area contributed by atoms with Crippen LogP contribution < -0.4 is 0 Å². The Balaban J connectivity index is 2.07. The first-order valence-corrected chi connectivity index (χ1v) is 8.11. The molecule has 0 saturated carbocycles. The largest absolute Gasteiger partial charge is 0.458 e. The van der Waals surface area contributed by atoms with E-state index in [9.17, 15) is 5.11 Å². The number of halogens is 3. The van der Waals surface area contributed by atoms with Crippen LogP contribution >= 0.6 is 50.1 Å². The van der Waals surface area contributed by atoms with Gasteiger partial charge in [-0.2, -0.15) is 0 Å². The quantitative estimate of drug-likeness (QED) is 0.507. The second-order valence-corrected chi connectivity index (χ2v) is 6.94. The zero-order valence-electron chi connectivity index (χ0n) is 10.1. The van der Waals surface area contributed by atoms with Gasteiger partial charge in [0.15, 0.2) is 0 Å². The normalized spacial score (nSPS) is 12.8. The average Bonchev–Trinajstić information content (AvgIpc) is 2.83. The molecule has 1 heterocycles. The molecule has 0 bridgehead atoms. The van der Waals surface area contributed by atoms with E-state index >= 15 is 0 Å². The van der Waals surface area contributed by atoms with Crippen molar-refractivity contribution in [2.24, 2.45) is 0 Å². The topological polar surface area (TPSA) is 33.4 Å². The van der Waals surface area contributed by atoms with Gasteiger partial charge in [0, 0.05) is 24.0 Å². The summed E-state index contributed by atoms with van der Waals surface area (Å²) in [7, 11) is 0. The molecular formula is C15H9BrClIO2. The van der Waals surface area contributed by atoms with E-state index in [0.29, 0.717) is 16.4 Å². The summed E-state index contributed by atoms with van der Waals surface area (Å²) in [5.74, 6) is 0.505. The molecule has 0 aliphatic heterocycles. The molecule has 0 spiro atoms. The monoisotopic (exact) mass is 462 g/mol. The van der Waals surface area contributed by atoms with Gasteiger partial charge in [-0.15, -0.1) is 0 Å². The third-order valence-corrected chi connectivity index (χ3v) is 4.65. The van der Waals surface area contributed by atoms with Crippen molar-refractivity contribution in [3.05, 3.63) is 66.9 Å². The summed E-state index contributed by atoms with van der Waals surface area (Å²) in [5, 5.41) is 12.0. The number of furan rings is 1. The number of aliphatic hydroxyl groups is 1. The number of aliphatic hydroxyl groups excluding tert-OH is 1. The molecule has 0 fully saturated rings. The Hall–Kier alpha value is -0.560. The third-order valence-electron chi connectivity index (χ3n) is 3.02. The lowest BCUT2D eigenvalue weighted by Crippen LogP contribution is -1.99. The molecule has 1 unspecified atom stereocenters. The van der Waals surface area contributed by atoms with Crippen molar-refractivity contribution in [2.75, 3.05) is 0 Å². The fourth-order valence-electron chi connectivity index (χ4n) is 2.05. The van der Waals surface area contributed by atoms with Crippen LogP contribution in [-0.2, 0) is 0 Å². The van der Waals surface area contributed by atoms with E-state index in [-0.39, 0.29) is 0 Å². The van der Waals surface area contributed by atoms with E-state index in [0.717, 1.165) is 19.0 Å². The lowest BCUT2D eigenvalue weighted by Gasteiger charge is -2.10. The Morgan fingerprint density at radius 1 is 1.15 bits per heavy atom. The van der Waals surface area contributed by atoms with Crippen LogP contribution in [0, 0.1) is 3.57 Å². The van der Waals surface area contributed by atoms with Crippen molar-refractivity contribution in [3.63, 3.8) is 0 Å². The Kier molecular flexibility index (Phi) is 4.08. The first-order valence-electron chi connectivity index (χ1n) is 5.86. The molecule has 2 aromatic carbocycles. The molecule has 0 aliphatic rings.